The minimum Gasteiger partial charge on any atom is -0.464 e. The van der Waals surface area contributed by atoms with Crippen molar-refractivity contribution in [3.63, 3.8) is 0 Å². The van der Waals surface area contributed by atoms with E-state index < -0.39 is 0 Å². The molecule has 20 heavy (non-hydrogen) atoms. The number of aryl methyl sites for hydroxylation is 1. The van der Waals surface area contributed by atoms with Gasteiger partial charge in [0.15, 0.2) is 5.65 Å². The maximum atomic E-state index is 6.03. The molecule has 0 amide bonds. The standard InChI is InChI=1S/C14H13BrClN3O/c1-8-3-4-12(20-8)9(2)19-13(6-16)18-11-5-10(15)7-17-14(11)19/h3-5,7,9H,6H2,1-2H3. The lowest BCUT2D eigenvalue weighted by molar-refractivity contribution is 0.428. The molecule has 0 spiro atoms. The summed E-state index contributed by atoms with van der Waals surface area (Å²) in [6.45, 7) is 3.99. The Morgan fingerprint density at radius 3 is 2.90 bits per heavy atom. The van der Waals surface area contributed by atoms with E-state index in [4.69, 9.17) is 16.0 Å². The van der Waals surface area contributed by atoms with Crippen molar-refractivity contribution in [3.05, 3.63) is 46.2 Å². The fourth-order valence-corrected chi connectivity index (χ4v) is 2.82. The monoisotopic (exact) mass is 353 g/mol. The SMILES string of the molecule is Cc1ccc(C(C)n2c(CCl)nc3cc(Br)cnc32)o1. The number of aromatic nitrogens is 3. The van der Waals surface area contributed by atoms with Crippen LogP contribution >= 0.6 is 27.5 Å². The van der Waals surface area contributed by atoms with E-state index >= 15 is 0 Å². The zero-order valence-corrected chi connectivity index (χ0v) is 13.4. The van der Waals surface area contributed by atoms with E-state index in [-0.39, 0.29) is 6.04 Å². The normalized spacial score (nSPS) is 13.0. The van der Waals surface area contributed by atoms with E-state index in [1.165, 1.54) is 0 Å². The number of nitrogens with zero attached hydrogens (tertiary/aromatic N) is 3. The average Bonchev–Trinajstić information content (AvgIpc) is 3.00. The lowest BCUT2D eigenvalue weighted by atomic mass is 10.2. The Balaban J connectivity index is 2.18. The molecule has 3 aromatic rings. The minimum atomic E-state index is -0.00359. The van der Waals surface area contributed by atoms with Crippen LogP contribution in [0.3, 0.4) is 0 Å². The number of hydrogen-bond donors (Lipinski definition) is 0. The first-order chi connectivity index (χ1) is 9.60. The molecule has 6 heteroatoms. The van der Waals surface area contributed by atoms with Crippen LogP contribution in [0.1, 0.15) is 30.3 Å². The Hall–Kier alpha value is -1.33. The third-order valence-corrected chi connectivity index (χ3v) is 3.92. The molecule has 0 saturated carbocycles. The summed E-state index contributed by atoms with van der Waals surface area (Å²) in [5.41, 5.74) is 1.63. The quantitative estimate of drug-likeness (QED) is 0.653. The van der Waals surface area contributed by atoms with Crippen molar-refractivity contribution in [2.45, 2.75) is 25.8 Å². The number of furan rings is 1. The second kappa shape index (κ2) is 5.22. The Labute approximate surface area is 129 Å². The molecule has 0 radical (unpaired) electrons. The van der Waals surface area contributed by atoms with E-state index in [0.29, 0.717) is 5.88 Å². The molecule has 0 fully saturated rings. The number of pyridine rings is 1. The molecule has 0 aliphatic rings. The number of hydrogen-bond acceptors (Lipinski definition) is 3. The van der Waals surface area contributed by atoms with Crippen molar-refractivity contribution in [3.8, 4) is 0 Å². The van der Waals surface area contributed by atoms with Crippen molar-refractivity contribution in [1.29, 1.82) is 0 Å². The van der Waals surface area contributed by atoms with Crippen LogP contribution in [-0.4, -0.2) is 14.5 Å². The highest BCUT2D eigenvalue weighted by Gasteiger charge is 2.20. The molecule has 0 aliphatic heterocycles. The summed E-state index contributed by atoms with van der Waals surface area (Å²) in [6, 6.07) is 5.86. The number of fused-ring (bicyclic) bond motifs is 1. The second-order valence-corrected chi connectivity index (χ2v) is 5.84. The molecule has 104 valence electrons. The summed E-state index contributed by atoms with van der Waals surface area (Å²) < 4.78 is 8.63. The lowest BCUT2D eigenvalue weighted by Crippen LogP contribution is -2.09. The summed E-state index contributed by atoms with van der Waals surface area (Å²) >= 11 is 9.44. The molecule has 0 aliphatic carbocycles. The predicted octanol–water partition coefficient (Wildman–Crippen LogP) is 4.44. The maximum absolute atomic E-state index is 6.03. The maximum Gasteiger partial charge on any atom is 0.160 e. The van der Waals surface area contributed by atoms with E-state index in [2.05, 4.69) is 32.8 Å². The fraction of sp³-hybridized carbons (Fsp3) is 0.286. The summed E-state index contributed by atoms with van der Waals surface area (Å²) in [6.07, 6.45) is 1.76. The molecule has 0 aromatic carbocycles. The minimum absolute atomic E-state index is 0.00359. The van der Waals surface area contributed by atoms with Gasteiger partial charge in [-0.25, -0.2) is 9.97 Å². The van der Waals surface area contributed by atoms with Crippen LogP contribution in [0.5, 0.6) is 0 Å². The Kier molecular flexibility index (Phi) is 3.56. The van der Waals surface area contributed by atoms with Gasteiger partial charge < -0.3 is 8.98 Å². The summed E-state index contributed by atoms with van der Waals surface area (Å²) in [5, 5.41) is 0. The average molecular weight is 355 g/mol. The van der Waals surface area contributed by atoms with Crippen molar-refractivity contribution in [1.82, 2.24) is 14.5 Å². The van der Waals surface area contributed by atoms with Gasteiger partial charge in [0.05, 0.1) is 11.9 Å². The van der Waals surface area contributed by atoms with Crippen molar-refractivity contribution in [2.24, 2.45) is 0 Å². The number of alkyl halides is 1. The molecular formula is C14H13BrClN3O. The number of halogens is 2. The van der Waals surface area contributed by atoms with E-state index in [1.807, 2.05) is 29.7 Å². The van der Waals surface area contributed by atoms with Gasteiger partial charge in [0.25, 0.3) is 0 Å². The van der Waals surface area contributed by atoms with Crippen LogP contribution in [0, 0.1) is 6.92 Å². The van der Waals surface area contributed by atoms with Crippen LogP contribution in [0.25, 0.3) is 11.2 Å². The van der Waals surface area contributed by atoms with Gasteiger partial charge in [-0.2, -0.15) is 0 Å². The van der Waals surface area contributed by atoms with E-state index in [9.17, 15) is 0 Å². The van der Waals surface area contributed by atoms with Crippen molar-refractivity contribution >= 4 is 38.7 Å². The van der Waals surface area contributed by atoms with Crippen LogP contribution in [0.15, 0.2) is 33.3 Å². The molecule has 1 atom stereocenters. The van der Waals surface area contributed by atoms with Gasteiger partial charge in [-0.15, -0.1) is 11.6 Å². The zero-order chi connectivity index (χ0) is 14.3. The van der Waals surface area contributed by atoms with Gasteiger partial charge in [0.1, 0.15) is 22.9 Å². The van der Waals surface area contributed by atoms with E-state index in [1.54, 1.807) is 6.20 Å². The van der Waals surface area contributed by atoms with Crippen molar-refractivity contribution in [2.75, 3.05) is 0 Å². The Morgan fingerprint density at radius 1 is 1.45 bits per heavy atom. The van der Waals surface area contributed by atoms with Crippen LogP contribution in [-0.2, 0) is 5.88 Å². The highest BCUT2D eigenvalue weighted by molar-refractivity contribution is 9.10. The smallest absolute Gasteiger partial charge is 0.160 e. The van der Waals surface area contributed by atoms with Gasteiger partial charge in [-0.3, -0.25) is 0 Å². The van der Waals surface area contributed by atoms with Crippen LogP contribution < -0.4 is 0 Å². The molecule has 3 aromatic heterocycles. The molecule has 0 N–H and O–H groups in total. The molecular weight excluding hydrogens is 342 g/mol. The summed E-state index contributed by atoms with van der Waals surface area (Å²) in [7, 11) is 0. The highest BCUT2D eigenvalue weighted by atomic mass is 79.9. The molecule has 4 nitrogen and oxygen atoms in total. The topological polar surface area (TPSA) is 43.9 Å². The number of rotatable bonds is 3. The van der Waals surface area contributed by atoms with Gasteiger partial charge in [0.2, 0.25) is 0 Å². The summed E-state index contributed by atoms with van der Waals surface area (Å²) in [4.78, 5) is 9.00. The lowest BCUT2D eigenvalue weighted by Gasteiger charge is -2.14. The third-order valence-electron chi connectivity index (χ3n) is 3.25. The second-order valence-electron chi connectivity index (χ2n) is 4.65. The first-order valence-corrected chi connectivity index (χ1v) is 7.57. The zero-order valence-electron chi connectivity index (χ0n) is 11.1. The fourth-order valence-electron chi connectivity index (χ4n) is 2.31. The van der Waals surface area contributed by atoms with Gasteiger partial charge in [-0.1, -0.05) is 0 Å². The Morgan fingerprint density at radius 2 is 2.25 bits per heavy atom. The third kappa shape index (κ3) is 2.25. The van der Waals surface area contributed by atoms with E-state index in [0.717, 1.165) is 33.0 Å². The van der Waals surface area contributed by atoms with Crippen LogP contribution in [0.4, 0.5) is 0 Å². The van der Waals surface area contributed by atoms with Crippen molar-refractivity contribution < 1.29 is 4.42 Å². The predicted molar refractivity (Wildman–Crippen MR) is 82.0 cm³/mol. The van der Waals surface area contributed by atoms with Gasteiger partial charge >= 0.3 is 0 Å². The molecule has 3 heterocycles. The molecule has 0 bridgehead atoms. The van der Waals surface area contributed by atoms with Crippen LogP contribution in [0.2, 0.25) is 0 Å². The van der Waals surface area contributed by atoms with Gasteiger partial charge in [-0.05, 0) is 48.0 Å². The highest BCUT2D eigenvalue weighted by Crippen LogP contribution is 2.28. The molecule has 0 saturated heterocycles. The van der Waals surface area contributed by atoms with Gasteiger partial charge in [0, 0.05) is 10.7 Å². The first kappa shape index (κ1) is 13.6. The first-order valence-electron chi connectivity index (χ1n) is 6.25. The number of imidazole rings is 1. The molecule has 3 rings (SSSR count). The summed E-state index contributed by atoms with van der Waals surface area (Å²) in [5.74, 6) is 2.88. The largest absolute Gasteiger partial charge is 0.464 e. The Bertz CT molecular complexity index is 765. The molecule has 1 unspecified atom stereocenters.